The van der Waals surface area contributed by atoms with E-state index in [1.54, 1.807) is 0 Å². The Morgan fingerprint density at radius 1 is 1.15 bits per heavy atom. The quantitative estimate of drug-likeness (QED) is 0.780. The molecule has 4 rings (SSSR count). The standard InChI is InChI=1S/C16H24BrN3/c1-10-12-3-4-13(10)8-14(7-12)19-5-6-20-15(9-19)11(2)16(17)18-20/h10,12-14H,3-9H2,1-2H3. The van der Waals surface area contributed by atoms with Crippen molar-refractivity contribution in [1.82, 2.24) is 14.7 Å². The summed E-state index contributed by atoms with van der Waals surface area (Å²) < 4.78 is 3.24. The average Bonchev–Trinajstić information content (AvgIpc) is 2.83. The van der Waals surface area contributed by atoms with Gasteiger partial charge in [0.1, 0.15) is 4.60 Å². The number of rotatable bonds is 1. The van der Waals surface area contributed by atoms with Gasteiger partial charge in [-0.15, -0.1) is 0 Å². The van der Waals surface area contributed by atoms with E-state index in [2.05, 4.69) is 44.5 Å². The molecule has 1 aliphatic heterocycles. The predicted molar refractivity (Wildman–Crippen MR) is 83.5 cm³/mol. The van der Waals surface area contributed by atoms with E-state index in [9.17, 15) is 0 Å². The summed E-state index contributed by atoms with van der Waals surface area (Å²) in [6.07, 6.45) is 5.84. The Labute approximate surface area is 129 Å². The minimum absolute atomic E-state index is 0.825. The van der Waals surface area contributed by atoms with Gasteiger partial charge < -0.3 is 0 Å². The SMILES string of the molecule is Cc1c(Br)nn2c1CN(C1CC3CCC(C1)C3C)CC2. The van der Waals surface area contributed by atoms with Crippen molar-refractivity contribution in [3.05, 3.63) is 15.9 Å². The Morgan fingerprint density at radius 3 is 2.55 bits per heavy atom. The van der Waals surface area contributed by atoms with Crippen molar-refractivity contribution in [2.45, 2.75) is 58.7 Å². The van der Waals surface area contributed by atoms with Gasteiger partial charge >= 0.3 is 0 Å². The van der Waals surface area contributed by atoms with Gasteiger partial charge in [0, 0.05) is 24.7 Å². The fourth-order valence-electron chi connectivity index (χ4n) is 4.84. The number of hydrogen-bond acceptors (Lipinski definition) is 2. The molecule has 2 aliphatic carbocycles. The van der Waals surface area contributed by atoms with E-state index >= 15 is 0 Å². The van der Waals surface area contributed by atoms with E-state index in [4.69, 9.17) is 0 Å². The second kappa shape index (κ2) is 4.84. The lowest BCUT2D eigenvalue weighted by molar-refractivity contribution is 0.0726. The van der Waals surface area contributed by atoms with Crippen LogP contribution in [0.4, 0.5) is 0 Å². The lowest BCUT2D eigenvalue weighted by atomic mass is 9.76. The Hall–Kier alpha value is -0.350. The van der Waals surface area contributed by atoms with Gasteiger partial charge in [0.2, 0.25) is 0 Å². The molecule has 2 bridgehead atoms. The van der Waals surface area contributed by atoms with Gasteiger partial charge in [0.05, 0.1) is 12.2 Å². The topological polar surface area (TPSA) is 21.1 Å². The fourth-order valence-corrected chi connectivity index (χ4v) is 5.26. The van der Waals surface area contributed by atoms with E-state index in [1.165, 1.54) is 43.5 Å². The molecule has 2 saturated carbocycles. The normalized spacial score (nSPS) is 37.1. The van der Waals surface area contributed by atoms with E-state index in [1.807, 2.05) is 0 Å². The van der Waals surface area contributed by atoms with Crippen LogP contribution in [0.2, 0.25) is 0 Å². The highest BCUT2D eigenvalue weighted by Gasteiger charge is 2.42. The highest BCUT2D eigenvalue weighted by atomic mass is 79.9. The van der Waals surface area contributed by atoms with Crippen molar-refractivity contribution in [3.63, 3.8) is 0 Å². The van der Waals surface area contributed by atoms with Crippen molar-refractivity contribution in [3.8, 4) is 0 Å². The first-order chi connectivity index (χ1) is 9.63. The molecular formula is C16H24BrN3. The molecule has 110 valence electrons. The zero-order chi connectivity index (χ0) is 13.9. The van der Waals surface area contributed by atoms with Gasteiger partial charge in [-0.05, 0) is 66.3 Å². The molecule has 2 unspecified atom stereocenters. The molecule has 0 amide bonds. The molecule has 2 atom stereocenters. The van der Waals surface area contributed by atoms with E-state index < -0.39 is 0 Å². The minimum Gasteiger partial charge on any atom is -0.293 e. The van der Waals surface area contributed by atoms with Crippen LogP contribution in [-0.2, 0) is 13.1 Å². The summed E-state index contributed by atoms with van der Waals surface area (Å²) in [5.74, 6) is 2.98. The monoisotopic (exact) mass is 337 g/mol. The number of hydrogen-bond donors (Lipinski definition) is 0. The second-order valence-corrected chi connectivity index (χ2v) is 7.89. The highest BCUT2D eigenvalue weighted by Crippen LogP contribution is 2.48. The zero-order valence-corrected chi connectivity index (χ0v) is 14.1. The molecule has 0 spiro atoms. The summed E-state index contributed by atoms with van der Waals surface area (Å²) in [6, 6.07) is 0.825. The predicted octanol–water partition coefficient (Wildman–Crippen LogP) is 3.59. The first-order valence-corrected chi connectivity index (χ1v) is 8.88. The largest absolute Gasteiger partial charge is 0.293 e. The molecule has 3 aliphatic rings. The molecule has 0 N–H and O–H groups in total. The Morgan fingerprint density at radius 2 is 1.85 bits per heavy atom. The van der Waals surface area contributed by atoms with Crippen LogP contribution in [0.1, 0.15) is 43.9 Å². The lowest BCUT2D eigenvalue weighted by Crippen LogP contribution is -2.45. The van der Waals surface area contributed by atoms with Crippen molar-refractivity contribution < 1.29 is 0 Å². The number of fused-ring (bicyclic) bond motifs is 3. The van der Waals surface area contributed by atoms with Crippen molar-refractivity contribution in [1.29, 1.82) is 0 Å². The highest BCUT2D eigenvalue weighted by molar-refractivity contribution is 9.10. The van der Waals surface area contributed by atoms with Crippen molar-refractivity contribution >= 4 is 15.9 Å². The summed E-state index contributed by atoms with van der Waals surface area (Å²) in [4.78, 5) is 2.74. The fraction of sp³-hybridized carbons (Fsp3) is 0.812. The van der Waals surface area contributed by atoms with Gasteiger partial charge in [0.15, 0.2) is 0 Å². The molecule has 4 heteroatoms. The van der Waals surface area contributed by atoms with Gasteiger partial charge in [-0.2, -0.15) is 5.10 Å². The average molecular weight is 338 g/mol. The van der Waals surface area contributed by atoms with Gasteiger partial charge in [-0.1, -0.05) is 6.92 Å². The summed E-state index contributed by atoms with van der Waals surface area (Å²) in [5, 5.41) is 4.59. The maximum Gasteiger partial charge on any atom is 0.131 e. The Kier molecular flexibility index (Phi) is 3.22. The molecule has 0 saturated heterocycles. The molecule has 2 heterocycles. The number of halogens is 1. The lowest BCUT2D eigenvalue weighted by Gasteiger charge is -2.41. The maximum atomic E-state index is 4.59. The van der Waals surface area contributed by atoms with E-state index in [0.717, 1.165) is 41.5 Å². The number of aromatic nitrogens is 2. The third-order valence-corrected chi connectivity index (χ3v) is 7.03. The van der Waals surface area contributed by atoms with Crippen LogP contribution in [0.3, 0.4) is 0 Å². The van der Waals surface area contributed by atoms with Crippen LogP contribution in [0.5, 0.6) is 0 Å². The van der Waals surface area contributed by atoms with Crippen LogP contribution >= 0.6 is 15.9 Å². The van der Waals surface area contributed by atoms with Gasteiger partial charge in [-0.25, -0.2) is 0 Å². The minimum atomic E-state index is 0.825. The van der Waals surface area contributed by atoms with Crippen LogP contribution in [-0.4, -0.2) is 27.3 Å². The summed E-state index contributed by atoms with van der Waals surface area (Å²) in [5.41, 5.74) is 2.76. The molecule has 2 fully saturated rings. The Balaban J connectivity index is 1.53. The molecule has 0 aromatic carbocycles. The van der Waals surface area contributed by atoms with Crippen LogP contribution < -0.4 is 0 Å². The van der Waals surface area contributed by atoms with E-state index in [-0.39, 0.29) is 0 Å². The summed E-state index contributed by atoms with van der Waals surface area (Å²) in [7, 11) is 0. The van der Waals surface area contributed by atoms with Crippen LogP contribution in [0.15, 0.2) is 4.60 Å². The third kappa shape index (κ3) is 1.98. The first-order valence-electron chi connectivity index (χ1n) is 8.09. The first kappa shape index (κ1) is 13.3. The van der Waals surface area contributed by atoms with Crippen LogP contribution in [0, 0.1) is 24.7 Å². The van der Waals surface area contributed by atoms with Crippen molar-refractivity contribution in [2.75, 3.05) is 6.54 Å². The summed E-state index contributed by atoms with van der Waals surface area (Å²) >= 11 is 3.58. The molecule has 0 radical (unpaired) electrons. The van der Waals surface area contributed by atoms with E-state index in [0.29, 0.717) is 0 Å². The van der Waals surface area contributed by atoms with Gasteiger partial charge in [-0.3, -0.25) is 9.58 Å². The van der Waals surface area contributed by atoms with Gasteiger partial charge in [0.25, 0.3) is 0 Å². The molecule has 1 aromatic heterocycles. The zero-order valence-electron chi connectivity index (χ0n) is 12.5. The molecule has 20 heavy (non-hydrogen) atoms. The Bertz CT molecular complexity index is 510. The molecule has 3 nitrogen and oxygen atoms in total. The van der Waals surface area contributed by atoms with Crippen LogP contribution in [0.25, 0.3) is 0 Å². The second-order valence-electron chi connectivity index (χ2n) is 7.14. The smallest absolute Gasteiger partial charge is 0.131 e. The summed E-state index contributed by atoms with van der Waals surface area (Å²) in [6.45, 7) is 8.02. The maximum absolute atomic E-state index is 4.59. The molecular weight excluding hydrogens is 314 g/mol. The molecule has 1 aromatic rings. The third-order valence-electron chi connectivity index (χ3n) is 6.28. The van der Waals surface area contributed by atoms with Crippen molar-refractivity contribution in [2.24, 2.45) is 17.8 Å². The number of nitrogens with zero attached hydrogens (tertiary/aromatic N) is 3.